The van der Waals surface area contributed by atoms with Crippen molar-refractivity contribution in [3.05, 3.63) is 12.7 Å². The average Bonchev–Trinajstić information content (AvgIpc) is 2.74. The van der Waals surface area contributed by atoms with Gasteiger partial charge in [-0.15, -0.1) is 0 Å². The van der Waals surface area contributed by atoms with Crippen LogP contribution in [0.5, 0.6) is 0 Å². The Morgan fingerprint density at radius 3 is 2.62 bits per heavy atom. The minimum atomic E-state index is -0.806. The number of hydrogen-bond acceptors (Lipinski definition) is 4. The van der Waals surface area contributed by atoms with Crippen molar-refractivity contribution in [1.82, 2.24) is 25.0 Å². The number of urea groups is 1. The predicted molar refractivity (Wildman–Crippen MR) is 54.3 cm³/mol. The smallest absolute Gasteiger partial charge is 0.324 e. The zero-order valence-electron chi connectivity index (χ0n) is 9.17. The number of rotatable bonds is 3. The number of aromatic nitrogens is 3. The van der Waals surface area contributed by atoms with Crippen LogP contribution in [0.4, 0.5) is 4.79 Å². The first-order valence-corrected chi connectivity index (χ1v) is 4.97. The molecule has 1 aromatic rings. The van der Waals surface area contributed by atoms with Gasteiger partial charge in [-0.1, -0.05) is 0 Å². The van der Waals surface area contributed by atoms with Gasteiger partial charge in [0.25, 0.3) is 5.91 Å². The minimum Gasteiger partial charge on any atom is -0.324 e. The SMILES string of the molecule is CC1(C)NC(=O)N(CCn2cncn2)C1=O. The summed E-state index contributed by atoms with van der Waals surface area (Å²) in [5.41, 5.74) is -0.806. The highest BCUT2D eigenvalue weighted by Crippen LogP contribution is 2.16. The Morgan fingerprint density at radius 1 is 1.38 bits per heavy atom. The highest BCUT2D eigenvalue weighted by molar-refractivity contribution is 6.06. The van der Waals surface area contributed by atoms with Crippen LogP contribution in [0.1, 0.15) is 13.8 Å². The van der Waals surface area contributed by atoms with Crippen molar-refractivity contribution in [3.8, 4) is 0 Å². The van der Waals surface area contributed by atoms with Gasteiger partial charge in [-0.2, -0.15) is 5.10 Å². The molecule has 1 saturated heterocycles. The zero-order chi connectivity index (χ0) is 11.8. The first kappa shape index (κ1) is 10.6. The first-order chi connectivity index (χ1) is 7.50. The van der Waals surface area contributed by atoms with Crippen LogP contribution in [0, 0.1) is 0 Å². The van der Waals surface area contributed by atoms with Gasteiger partial charge in [-0.05, 0) is 13.8 Å². The molecule has 7 nitrogen and oxygen atoms in total. The van der Waals surface area contributed by atoms with Crippen molar-refractivity contribution in [2.24, 2.45) is 0 Å². The van der Waals surface area contributed by atoms with E-state index in [4.69, 9.17) is 0 Å². The summed E-state index contributed by atoms with van der Waals surface area (Å²) in [6.07, 6.45) is 2.96. The molecule has 0 bridgehead atoms. The van der Waals surface area contributed by atoms with Gasteiger partial charge in [0.1, 0.15) is 18.2 Å². The number of nitrogens with one attached hydrogen (secondary N) is 1. The van der Waals surface area contributed by atoms with Crippen LogP contribution in [0.2, 0.25) is 0 Å². The first-order valence-electron chi connectivity index (χ1n) is 4.97. The molecule has 1 fully saturated rings. The summed E-state index contributed by atoms with van der Waals surface area (Å²) < 4.78 is 1.58. The van der Waals surface area contributed by atoms with E-state index in [9.17, 15) is 9.59 Å². The van der Waals surface area contributed by atoms with Crippen molar-refractivity contribution < 1.29 is 9.59 Å². The molecule has 16 heavy (non-hydrogen) atoms. The Kier molecular flexibility index (Phi) is 2.37. The monoisotopic (exact) mass is 223 g/mol. The second-order valence-electron chi connectivity index (χ2n) is 4.17. The molecule has 0 spiro atoms. The zero-order valence-corrected chi connectivity index (χ0v) is 9.17. The number of nitrogens with zero attached hydrogens (tertiary/aromatic N) is 4. The van der Waals surface area contributed by atoms with Gasteiger partial charge in [0.2, 0.25) is 0 Å². The van der Waals surface area contributed by atoms with Crippen molar-refractivity contribution in [2.75, 3.05) is 6.54 Å². The Bertz CT molecular complexity index is 412. The van der Waals surface area contributed by atoms with E-state index in [0.717, 1.165) is 0 Å². The Hall–Kier alpha value is -1.92. The number of carbonyl (C=O) groups excluding carboxylic acids is 2. The number of carbonyl (C=O) groups is 2. The summed E-state index contributed by atoms with van der Waals surface area (Å²) in [5, 5.41) is 6.51. The third kappa shape index (κ3) is 1.75. The van der Waals surface area contributed by atoms with Gasteiger partial charge in [-0.25, -0.2) is 9.78 Å². The standard InChI is InChI=1S/C9H13N5O2/c1-9(2)7(15)14(8(16)12-9)4-3-13-6-10-5-11-13/h5-6H,3-4H2,1-2H3,(H,12,16). The van der Waals surface area contributed by atoms with E-state index in [-0.39, 0.29) is 11.9 Å². The fraction of sp³-hybridized carbons (Fsp3) is 0.556. The molecule has 1 aliphatic heterocycles. The van der Waals surface area contributed by atoms with E-state index in [1.807, 2.05) is 0 Å². The van der Waals surface area contributed by atoms with Crippen molar-refractivity contribution in [2.45, 2.75) is 25.9 Å². The van der Waals surface area contributed by atoms with Crippen LogP contribution in [-0.2, 0) is 11.3 Å². The third-order valence-corrected chi connectivity index (χ3v) is 2.46. The van der Waals surface area contributed by atoms with Crippen LogP contribution in [-0.4, -0.2) is 43.7 Å². The van der Waals surface area contributed by atoms with Crippen LogP contribution in [0.15, 0.2) is 12.7 Å². The molecule has 0 aliphatic carbocycles. The van der Waals surface area contributed by atoms with Crippen LogP contribution < -0.4 is 5.32 Å². The molecule has 0 aromatic carbocycles. The summed E-state index contributed by atoms with van der Waals surface area (Å²) in [7, 11) is 0. The molecule has 1 aliphatic rings. The van der Waals surface area contributed by atoms with Crippen molar-refractivity contribution in [3.63, 3.8) is 0 Å². The minimum absolute atomic E-state index is 0.211. The van der Waals surface area contributed by atoms with Gasteiger partial charge >= 0.3 is 6.03 Å². The molecular weight excluding hydrogens is 210 g/mol. The average molecular weight is 223 g/mol. The normalized spacial score (nSPS) is 19.0. The van der Waals surface area contributed by atoms with Crippen molar-refractivity contribution >= 4 is 11.9 Å². The lowest BCUT2D eigenvalue weighted by Crippen LogP contribution is -2.40. The maximum atomic E-state index is 11.8. The lowest BCUT2D eigenvalue weighted by atomic mass is 10.1. The highest BCUT2D eigenvalue weighted by atomic mass is 16.2. The predicted octanol–water partition coefficient (Wildman–Crippen LogP) is -0.392. The summed E-state index contributed by atoms with van der Waals surface area (Å²) >= 11 is 0. The topological polar surface area (TPSA) is 80.1 Å². The third-order valence-electron chi connectivity index (χ3n) is 2.46. The molecule has 86 valence electrons. The van der Waals surface area contributed by atoms with E-state index in [2.05, 4.69) is 15.4 Å². The maximum absolute atomic E-state index is 11.8. The van der Waals surface area contributed by atoms with Gasteiger partial charge in [0.15, 0.2) is 0 Å². The second-order valence-corrected chi connectivity index (χ2v) is 4.17. The maximum Gasteiger partial charge on any atom is 0.325 e. The van der Waals surface area contributed by atoms with Gasteiger partial charge in [0, 0.05) is 0 Å². The fourth-order valence-electron chi connectivity index (χ4n) is 1.57. The lowest BCUT2D eigenvalue weighted by molar-refractivity contribution is -0.130. The van der Waals surface area contributed by atoms with E-state index < -0.39 is 5.54 Å². The Morgan fingerprint density at radius 2 is 2.12 bits per heavy atom. The molecule has 2 heterocycles. The van der Waals surface area contributed by atoms with Gasteiger partial charge in [-0.3, -0.25) is 14.4 Å². The molecule has 0 radical (unpaired) electrons. The molecule has 2 rings (SSSR count). The molecule has 0 atom stereocenters. The highest BCUT2D eigenvalue weighted by Gasteiger charge is 2.43. The Balaban J connectivity index is 2.00. The molecule has 1 aromatic heterocycles. The molecule has 3 amide bonds. The van der Waals surface area contributed by atoms with E-state index >= 15 is 0 Å². The molecule has 0 saturated carbocycles. The Labute approximate surface area is 92.4 Å². The largest absolute Gasteiger partial charge is 0.325 e. The number of imide groups is 1. The van der Waals surface area contributed by atoms with E-state index in [1.54, 1.807) is 24.9 Å². The van der Waals surface area contributed by atoms with Crippen molar-refractivity contribution in [1.29, 1.82) is 0 Å². The fourth-order valence-corrected chi connectivity index (χ4v) is 1.57. The summed E-state index contributed by atoms with van der Waals surface area (Å²) in [6, 6.07) is -0.352. The van der Waals surface area contributed by atoms with Gasteiger partial charge < -0.3 is 5.32 Å². The molecular formula is C9H13N5O2. The summed E-state index contributed by atoms with van der Waals surface area (Å²) in [6.45, 7) is 4.12. The summed E-state index contributed by atoms with van der Waals surface area (Å²) in [5.74, 6) is -0.211. The number of hydrogen-bond donors (Lipinski definition) is 1. The molecule has 1 N–H and O–H groups in total. The molecule has 7 heteroatoms. The summed E-state index contributed by atoms with van der Waals surface area (Å²) in [4.78, 5) is 28.3. The van der Waals surface area contributed by atoms with Crippen LogP contribution in [0.25, 0.3) is 0 Å². The van der Waals surface area contributed by atoms with Crippen LogP contribution in [0.3, 0.4) is 0 Å². The second kappa shape index (κ2) is 3.58. The van der Waals surface area contributed by atoms with Crippen LogP contribution >= 0.6 is 0 Å². The molecule has 0 unspecified atom stereocenters. The van der Waals surface area contributed by atoms with Gasteiger partial charge in [0.05, 0.1) is 13.1 Å². The lowest BCUT2D eigenvalue weighted by Gasteiger charge is -2.15. The number of amides is 3. The van der Waals surface area contributed by atoms with E-state index in [0.29, 0.717) is 13.1 Å². The van der Waals surface area contributed by atoms with E-state index in [1.165, 1.54) is 11.2 Å². The quantitative estimate of drug-likeness (QED) is 0.707.